The van der Waals surface area contributed by atoms with Gasteiger partial charge < -0.3 is 25.4 Å². The van der Waals surface area contributed by atoms with Crippen LogP contribution in [0, 0.1) is 0 Å². The van der Waals surface area contributed by atoms with E-state index in [9.17, 15) is 14.4 Å². The molecule has 3 N–H and O–H groups in total. The van der Waals surface area contributed by atoms with Crippen LogP contribution in [-0.2, 0) is 9.59 Å². The molecule has 5 rings (SSSR count). The molecule has 0 fully saturated rings. The quantitative estimate of drug-likeness (QED) is 0.0868. The Kier molecular flexibility index (Phi) is 12.0. The predicted molar refractivity (Wildman–Crippen MR) is 198 cm³/mol. The van der Waals surface area contributed by atoms with E-state index in [1.165, 1.54) is 37.3 Å². The van der Waals surface area contributed by atoms with Gasteiger partial charge in [0.1, 0.15) is 5.70 Å². The highest BCUT2D eigenvalue weighted by atomic mass is 35.5. The molecule has 4 aromatic carbocycles. The number of hydrogen-bond acceptors (Lipinski definition) is 8. The summed E-state index contributed by atoms with van der Waals surface area (Å²) in [6.45, 7) is 1.80. The molecule has 5 aromatic rings. The van der Waals surface area contributed by atoms with Crippen LogP contribution < -0.4 is 25.4 Å². The van der Waals surface area contributed by atoms with E-state index < -0.39 is 17.1 Å². The number of aromatic nitrogens is 1. The number of nitrogens with one attached hydrogen (secondary N) is 3. The summed E-state index contributed by atoms with van der Waals surface area (Å²) >= 11 is 14.8. The summed E-state index contributed by atoms with van der Waals surface area (Å²) in [5.74, 6) is -0.181. The van der Waals surface area contributed by atoms with Crippen molar-refractivity contribution >= 4 is 80.9 Å². The van der Waals surface area contributed by atoms with Crippen LogP contribution >= 0.6 is 46.3 Å². The Morgan fingerprint density at radius 2 is 1.59 bits per heavy atom. The van der Waals surface area contributed by atoms with Crippen molar-refractivity contribution in [2.75, 3.05) is 24.9 Å². The van der Waals surface area contributed by atoms with Crippen molar-refractivity contribution < 1.29 is 23.9 Å². The van der Waals surface area contributed by atoms with Gasteiger partial charge in [0, 0.05) is 27.1 Å². The van der Waals surface area contributed by atoms with Crippen LogP contribution in [0.2, 0.25) is 10.0 Å². The predicted octanol–water partition coefficient (Wildman–Crippen LogP) is 8.66. The number of anilines is 2. The van der Waals surface area contributed by atoms with Gasteiger partial charge in [-0.05, 0) is 79.2 Å². The van der Waals surface area contributed by atoms with E-state index in [1.54, 1.807) is 97.9 Å². The van der Waals surface area contributed by atoms with Gasteiger partial charge in [-0.1, -0.05) is 53.5 Å². The summed E-state index contributed by atoms with van der Waals surface area (Å²) in [7, 11) is 3.05. The van der Waals surface area contributed by atoms with Gasteiger partial charge in [0.25, 0.3) is 11.8 Å². The molecule has 1 heterocycles. The molecule has 9 nitrogen and oxygen atoms in total. The summed E-state index contributed by atoms with van der Waals surface area (Å²) in [6, 6.07) is 26.1. The van der Waals surface area contributed by atoms with Crippen molar-refractivity contribution in [3.05, 3.63) is 123 Å². The second-order valence-electron chi connectivity index (χ2n) is 10.4. The molecule has 0 saturated heterocycles. The van der Waals surface area contributed by atoms with Crippen LogP contribution in [0.4, 0.5) is 10.8 Å². The minimum absolute atomic E-state index is 0.0225. The van der Waals surface area contributed by atoms with Crippen LogP contribution in [0.15, 0.2) is 107 Å². The smallest absolute Gasteiger partial charge is 0.272 e. The number of amides is 3. The molecule has 0 aliphatic rings. The van der Waals surface area contributed by atoms with E-state index >= 15 is 0 Å². The van der Waals surface area contributed by atoms with Crippen molar-refractivity contribution in [1.82, 2.24) is 10.3 Å². The zero-order valence-electron chi connectivity index (χ0n) is 26.5. The minimum Gasteiger partial charge on any atom is -0.493 e. The Labute approximate surface area is 301 Å². The van der Waals surface area contributed by atoms with Crippen molar-refractivity contribution in [2.45, 2.75) is 17.1 Å². The fourth-order valence-corrected chi connectivity index (χ4v) is 6.34. The van der Waals surface area contributed by atoms with E-state index in [0.29, 0.717) is 49.2 Å². The molecule has 0 aliphatic carbocycles. The zero-order chi connectivity index (χ0) is 34.9. The van der Waals surface area contributed by atoms with Gasteiger partial charge in [-0.15, -0.1) is 23.1 Å². The molecule has 49 heavy (non-hydrogen) atoms. The molecule has 1 unspecified atom stereocenters. The second kappa shape index (κ2) is 16.5. The van der Waals surface area contributed by atoms with Gasteiger partial charge in [-0.3, -0.25) is 14.4 Å². The number of carbonyl (C=O) groups is 3. The van der Waals surface area contributed by atoms with Crippen LogP contribution in [-0.4, -0.2) is 42.2 Å². The second-order valence-corrected chi connectivity index (χ2v) is 13.5. The third-order valence-corrected chi connectivity index (χ3v) is 9.60. The van der Waals surface area contributed by atoms with Gasteiger partial charge in [-0.25, -0.2) is 4.98 Å². The lowest BCUT2D eigenvalue weighted by Crippen LogP contribution is -2.30. The van der Waals surface area contributed by atoms with Crippen molar-refractivity contribution in [3.63, 3.8) is 0 Å². The first-order chi connectivity index (χ1) is 23.6. The molecule has 1 atom stereocenters. The van der Waals surface area contributed by atoms with Crippen LogP contribution in [0.5, 0.6) is 11.5 Å². The monoisotopic (exact) mass is 732 g/mol. The summed E-state index contributed by atoms with van der Waals surface area (Å²) in [5.41, 5.74) is 3.00. The molecule has 3 amide bonds. The Hall–Kier alpha value is -4.81. The SMILES string of the molecule is COc1ccc(/C=C(\NC(=O)c2ccccc2)C(=O)Nc2ccc(SC(C)C(=O)Nc3nc(-c4ccc(Cl)c(Cl)c4)cs3)cc2)cc1OC. The molecular weight excluding hydrogens is 703 g/mol. The summed E-state index contributed by atoms with van der Waals surface area (Å²) in [4.78, 5) is 44.8. The molecule has 0 saturated carbocycles. The lowest BCUT2D eigenvalue weighted by atomic mass is 10.1. The summed E-state index contributed by atoms with van der Waals surface area (Å²) in [5, 5.41) is 11.2. The van der Waals surface area contributed by atoms with E-state index in [0.717, 1.165) is 10.5 Å². The van der Waals surface area contributed by atoms with Crippen molar-refractivity contribution in [3.8, 4) is 22.8 Å². The highest BCUT2D eigenvalue weighted by Crippen LogP contribution is 2.32. The first-order valence-corrected chi connectivity index (χ1v) is 17.2. The standard InChI is InChI=1S/C36H30Cl2N4O5S2/c1-21(33(43)42-36-41-30(20-48-36)24-10-15-27(37)28(38)19-24)49-26-13-11-25(12-14-26)39-35(45)29(40-34(44)23-7-5-4-6-8-23)17-22-9-16-31(46-2)32(18-22)47-3/h4-21H,1-3H3,(H,39,45)(H,40,44)(H,41,42,43)/b29-17-. The average molecular weight is 734 g/mol. The van der Waals surface area contributed by atoms with E-state index in [1.807, 2.05) is 11.4 Å². The number of carbonyl (C=O) groups excluding carboxylic acids is 3. The fraction of sp³-hybridized carbons (Fsp3) is 0.111. The number of nitrogens with zero attached hydrogens (tertiary/aromatic N) is 1. The average Bonchev–Trinajstić information content (AvgIpc) is 3.58. The van der Waals surface area contributed by atoms with Gasteiger partial charge in [0.05, 0.1) is 35.2 Å². The first-order valence-electron chi connectivity index (χ1n) is 14.7. The molecule has 0 aliphatic heterocycles. The molecule has 0 bridgehead atoms. The summed E-state index contributed by atoms with van der Waals surface area (Å²) in [6.07, 6.45) is 1.55. The normalized spacial score (nSPS) is 11.7. The number of rotatable bonds is 12. The maximum absolute atomic E-state index is 13.5. The number of thiazole rings is 1. The largest absolute Gasteiger partial charge is 0.493 e. The van der Waals surface area contributed by atoms with Gasteiger partial charge >= 0.3 is 0 Å². The van der Waals surface area contributed by atoms with E-state index in [2.05, 4.69) is 20.9 Å². The van der Waals surface area contributed by atoms with Gasteiger partial charge in [0.2, 0.25) is 5.91 Å². The molecule has 250 valence electrons. The minimum atomic E-state index is -0.532. The van der Waals surface area contributed by atoms with Crippen molar-refractivity contribution in [2.24, 2.45) is 0 Å². The molecule has 1 aromatic heterocycles. The van der Waals surface area contributed by atoms with Gasteiger partial charge in [0.15, 0.2) is 16.6 Å². The van der Waals surface area contributed by atoms with Crippen LogP contribution in [0.1, 0.15) is 22.8 Å². The first kappa shape index (κ1) is 35.5. The third-order valence-electron chi connectivity index (χ3n) is 6.99. The molecule has 13 heteroatoms. The van der Waals surface area contributed by atoms with E-state index in [4.69, 9.17) is 32.7 Å². The Bertz CT molecular complexity index is 2000. The number of methoxy groups -OCH3 is 2. The topological polar surface area (TPSA) is 119 Å². The summed E-state index contributed by atoms with van der Waals surface area (Å²) < 4.78 is 10.7. The molecule has 0 spiro atoms. The molecule has 0 radical (unpaired) electrons. The molecular formula is C36H30Cl2N4O5S2. The van der Waals surface area contributed by atoms with Crippen molar-refractivity contribution in [1.29, 1.82) is 0 Å². The van der Waals surface area contributed by atoms with Crippen LogP contribution in [0.25, 0.3) is 17.3 Å². The fourth-order valence-electron chi connectivity index (χ4n) is 4.45. The van der Waals surface area contributed by atoms with E-state index in [-0.39, 0.29) is 11.6 Å². The maximum Gasteiger partial charge on any atom is 0.272 e. The zero-order valence-corrected chi connectivity index (χ0v) is 29.6. The Morgan fingerprint density at radius 3 is 2.29 bits per heavy atom. The highest BCUT2D eigenvalue weighted by Gasteiger charge is 2.18. The lowest BCUT2D eigenvalue weighted by molar-refractivity contribution is -0.115. The lowest BCUT2D eigenvalue weighted by Gasteiger charge is -2.13. The highest BCUT2D eigenvalue weighted by molar-refractivity contribution is 8.00. The van der Waals surface area contributed by atoms with Gasteiger partial charge in [-0.2, -0.15) is 0 Å². The maximum atomic E-state index is 13.5. The number of ether oxygens (including phenoxy) is 2. The number of benzene rings is 4. The Balaban J connectivity index is 1.24. The third kappa shape index (κ3) is 9.42. The number of hydrogen-bond donors (Lipinski definition) is 3. The number of thioether (sulfide) groups is 1. The number of halogens is 2. The Morgan fingerprint density at radius 1 is 0.857 bits per heavy atom. The van der Waals surface area contributed by atoms with Crippen LogP contribution in [0.3, 0.4) is 0 Å².